The topological polar surface area (TPSA) is 54.6 Å². The molecular weight excluding hydrogens is 548 g/mol. The van der Waals surface area contributed by atoms with Crippen LogP contribution >= 0.6 is 22.9 Å². The van der Waals surface area contributed by atoms with Crippen molar-refractivity contribution in [1.82, 2.24) is 4.57 Å². The van der Waals surface area contributed by atoms with Gasteiger partial charge in [0.1, 0.15) is 5.75 Å². The zero-order chi connectivity index (χ0) is 29.3. The minimum Gasteiger partial charge on any atom is -0.507 e. The molecule has 4 nitrogen and oxygen atoms in total. The monoisotopic (exact) mass is 582 g/mol. The van der Waals surface area contributed by atoms with Gasteiger partial charge in [0.2, 0.25) is 0 Å². The molecule has 0 amide bonds. The first-order valence-corrected chi connectivity index (χ1v) is 15.3. The Balaban J connectivity index is 1.61. The Morgan fingerprint density at radius 1 is 0.951 bits per heavy atom. The third-order valence-corrected chi connectivity index (χ3v) is 9.34. The van der Waals surface area contributed by atoms with Gasteiger partial charge >= 0.3 is 0 Å². The molecule has 41 heavy (non-hydrogen) atoms. The number of aromatic hydroxyl groups is 1. The molecule has 1 aromatic heterocycles. The van der Waals surface area contributed by atoms with E-state index in [0.717, 1.165) is 46.4 Å². The molecule has 0 saturated carbocycles. The van der Waals surface area contributed by atoms with E-state index in [0.29, 0.717) is 20.1 Å². The van der Waals surface area contributed by atoms with Crippen molar-refractivity contribution in [3.63, 3.8) is 0 Å². The molecule has 2 aliphatic rings. The fourth-order valence-electron chi connectivity index (χ4n) is 6.00. The van der Waals surface area contributed by atoms with E-state index in [1.54, 1.807) is 0 Å². The maximum atomic E-state index is 14.2. The summed E-state index contributed by atoms with van der Waals surface area (Å²) in [7, 11) is 0. The Morgan fingerprint density at radius 2 is 1.59 bits per heavy atom. The Hall–Kier alpha value is -3.41. The fourth-order valence-corrected chi connectivity index (χ4v) is 7.13. The van der Waals surface area contributed by atoms with E-state index in [9.17, 15) is 9.90 Å². The standard InChI is InChI=1S/C35H35ClN2O2S/c1-34(2,3)26-17-20(18-27(31(26)39)35(4,5)6)19-28-32(40)38-30(22-11-14-23(36)15-12-22)25-16-13-21-9-7-8-10-24(21)29(25)37-33(38)41-28/h7-12,14-15,17-19,30,39H,13,16H2,1-6H3/b28-19-/t30-/m0/s1. The summed E-state index contributed by atoms with van der Waals surface area (Å²) in [5.41, 5.74) is 7.68. The van der Waals surface area contributed by atoms with Crippen LogP contribution in [-0.2, 0) is 17.3 Å². The predicted octanol–water partition coefficient (Wildman–Crippen LogP) is 7.27. The Labute approximate surface area is 250 Å². The van der Waals surface area contributed by atoms with E-state index in [1.807, 2.05) is 47.0 Å². The largest absolute Gasteiger partial charge is 0.507 e. The minimum atomic E-state index is -0.261. The molecule has 3 aromatic carbocycles. The number of aromatic nitrogens is 1. The molecule has 0 unspecified atom stereocenters. The van der Waals surface area contributed by atoms with Crippen molar-refractivity contribution < 1.29 is 5.11 Å². The van der Waals surface area contributed by atoms with Crippen LogP contribution in [-0.4, -0.2) is 9.67 Å². The lowest BCUT2D eigenvalue weighted by Gasteiger charge is -2.30. The summed E-state index contributed by atoms with van der Waals surface area (Å²) in [5.74, 6) is 0.331. The number of aryl methyl sites for hydroxylation is 1. The molecule has 1 atom stereocenters. The Bertz CT molecular complexity index is 1860. The SMILES string of the molecule is CC(C)(C)c1cc(/C=c2\sc3n(c2=O)[C@@H](c2ccc(Cl)cc2)C2=C(N=3)c3ccccc3CC2)cc(C(C)(C)C)c1O. The van der Waals surface area contributed by atoms with Gasteiger partial charge in [0.15, 0.2) is 4.80 Å². The number of allylic oxidation sites excluding steroid dienone is 1. The smallest absolute Gasteiger partial charge is 0.271 e. The molecule has 2 heterocycles. The Morgan fingerprint density at radius 3 is 2.22 bits per heavy atom. The third kappa shape index (κ3) is 4.89. The van der Waals surface area contributed by atoms with Gasteiger partial charge in [-0.3, -0.25) is 9.36 Å². The number of phenolic OH excluding ortho intramolecular Hbond substituents is 1. The van der Waals surface area contributed by atoms with Gasteiger partial charge < -0.3 is 5.11 Å². The highest BCUT2D eigenvalue weighted by Crippen LogP contribution is 2.42. The lowest BCUT2D eigenvalue weighted by molar-refractivity contribution is 0.423. The molecule has 210 valence electrons. The predicted molar refractivity (Wildman–Crippen MR) is 170 cm³/mol. The van der Waals surface area contributed by atoms with Crippen LogP contribution in [0.5, 0.6) is 5.75 Å². The van der Waals surface area contributed by atoms with Crippen LogP contribution in [0.25, 0.3) is 11.8 Å². The molecular formula is C35H35ClN2O2S. The second-order valence-electron chi connectivity index (χ2n) is 13.1. The zero-order valence-electron chi connectivity index (χ0n) is 24.4. The van der Waals surface area contributed by atoms with Crippen LogP contribution in [0.15, 0.2) is 76.0 Å². The van der Waals surface area contributed by atoms with E-state index >= 15 is 0 Å². The first-order chi connectivity index (χ1) is 19.3. The minimum absolute atomic E-state index is 0.0539. The average molecular weight is 583 g/mol. The molecule has 0 saturated heterocycles. The van der Waals surface area contributed by atoms with E-state index in [4.69, 9.17) is 16.6 Å². The third-order valence-electron chi connectivity index (χ3n) is 8.10. The number of rotatable bonds is 2. The highest BCUT2D eigenvalue weighted by molar-refractivity contribution is 7.07. The van der Waals surface area contributed by atoms with Crippen LogP contribution in [0.2, 0.25) is 5.02 Å². The zero-order valence-corrected chi connectivity index (χ0v) is 26.0. The maximum Gasteiger partial charge on any atom is 0.271 e. The fraction of sp³-hybridized carbons (Fsp3) is 0.314. The molecule has 0 radical (unpaired) electrons. The summed E-state index contributed by atoms with van der Waals surface area (Å²) in [6.45, 7) is 12.6. The normalized spacial score (nSPS) is 17.1. The van der Waals surface area contributed by atoms with E-state index in [-0.39, 0.29) is 22.4 Å². The molecule has 1 aliphatic heterocycles. The summed E-state index contributed by atoms with van der Waals surface area (Å²) < 4.78 is 2.49. The highest BCUT2D eigenvalue weighted by Gasteiger charge is 2.33. The Kier molecular flexibility index (Phi) is 6.67. The lowest BCUT2D eigenvalue weighted by Crippen LogP contribution is -2.38. The number of phenols is 1. The van der Waals surface area contributed by atoms with Crippen molar-refractivity contribution in [2.45, 2.75) is 71.3 Å². The number of hydrogen-bond donors (Lipinski definition) is 1. The van der Waals surface area contributed by atoms with Crippen molar-refractivity contribution in [3.05, 3.63) is 124 Å². The van der Waals surface area contributed by atoms with Crippen LogP contribution in [0.1, 0.15) is 87.4 Å². The van der Waals surface area contributed by atoms with Gasteiger partial charge in [-0.25, -0.2) is 4.99 Å². The van der Waals surface area contributed by atoms with Crippen molar-refractivity contribution in [2.24, 2.45) is 4.99 Å². The van der Waals surface area contributed by atoms with Gasteiger partial charge in [0, 0.05) is 21.7 Å². The van der Waals surface area contributed by atoms with Gasteiger partial charge in [-0.15, -0.1) is 0 Å². The maximum absolute atomic E-state index is 14.2. The van der Waals surface area contributed by atoms with Crippen LogP contribution in [0, 0.1) is 0 Å². The first kappa shape index (κ1) is 27.7. The number of fused-ring (bicyclic) bond motifs is 3. The summed E-state index contributed by atoms with van der Waals surface area (Å²) in [4.78, 5) is 20.0. The van der Waals surface area contributed by atoms with Crippen LogP contribution in [0.4, 0.5) is 0 Å². The molecule has 6 rings (SSSR count). The second kappa shape index (κ2) is 9.85. The molecule has 0 fully saturated rings. The van der Waals surface area contributed by atoms with Gasteiger partial charge in [-0.2, -0.15) is 0 Å². The summed E-state index contributed by atoms with van der Waals surface area (Å²) in [6.07, 6.45) is 3.72. The van der Waals surface area contributed by atoms with Gasteiger partial charge in [0.25, 0.3) is 5.56 Å². The van der Waals surface area contributed by atoms with Crippen molar-refractivity contribution in [1.29, 1.82) is 0 Å². The van der Waals surface area contributed by atoms with Gasteiger partial charge in [0.05, 0.1) is 16.3 Å². The van der Waals surface area contributed by atoms with E-state index < -0.39 is 0 Å². The number of halogens is 1. The molecule has 6 heteroatoms. The summed E-state index contributed by atoms with van der Waals surface area (Å²) in [5, 5.41) is 11.9. The number of thiazole rings is 1. The van der Waals surface area contributed by atoms with Gasteiger partial charge in [-0.1, -0.05) is 101 Å². The molecule has 0 spiro atoms. The number of hydrogen-bond acceptors (Lipinski definition) is 4. The molecule has 1 N–H and O–H groups in total. The van der Waals surface area contributed by atoms with Crippen molar-refractivity contribution in [2.75, 3.05) is 0 Å². The van der Waals surface area contributed by atoms with Crippen molar-refractivity contribution >= 4 is 34.7 Å². The lowest BCUT2D eigenvalue weighted by atomic mass is 9.78. The van der Waals surface area contributed by atoms with E-state index in [2.05, 4.69) is 65.8 Å². The average Bonchev–Trinajstić information content (AvgIpc) is 3.22. The van der Waals surface area contributed by atoms with Crippen molar-refractivity contribution in [3.8, 4) is 5.75 Å². The molecule has 1 aliphatic carbocycles. The quantitative estimate of drug-likeness (QED) is 0.270. The van der Waals surface area contributed by atoms with Gasteiger partial charge in [-0.05, 0) is 76.3 Å². The summed E-state index contributed by atoms with van der Waals surface area (Å²) >= 11 is 7.69. The van der Waals surface area contributed by atoms with Crippen LogP contribution in [0.3, 0.4) is 0 Å². The summed E-state index contributed by atoms with van der Waals surface area (Å²) in [6, 6.07) is 20.0. The number of benzene rings is 3. The number of nitrogens with zero attached hydrogens (tertiary/aromatic N) is 2. The van der Waals surface area contributed by atoms with Crippen LogP contribution < -0.4 is 14.9 Å². The molecule has 0 bridgehead atoms. The van der Waals surface area contributed by atoms with E-state index in [1.165, 1.54) is 22.5 Å². The second-order valence-corrected chi connectivity index (χ2v) is 14.6. The highest BCUT2D eigenvalue weighted by atomic mass is 35.5. The molecule has 4 aromatic rings. The first-order valence-electron chi connectivity index (χ1n) is 14.1.